The minimum absolute atomic E-state index is 0.0371. The third-order valence-electron chi connectivity index (χ3n) is 3.27. The molecule has 0 amide bonds. The van der Waals surface area contributed by atoms with Crippen LogP contribution in [0.3, 0.4) is 0 Å². The zero-order valence-electron chi connectivity index (χ0n) is 11.9. The van der Waals surface area contributed by atoms with Crippen LogP contribution in [0.25, 0.3) is 11.2 Å². The first kappa shape index (κ1) is 15.4. The minimum atomic E-state index is -0.967. The van der Waals surface area contributed by atoms with Crippen LogP contribution in [-0.4, -0.2) is 35.9 Å². The van der Waals surface area contributed by atoms with Crippen molar-refractivity contribution < 1.29 is 9.90 Å². The number of hydrogen-bond donors (Lipinski definition) is 2. The summed E-state index contributed by atoms with van der Waals surface area (Å²) in [7, 11) is 1.51. The summed E-state index contributed by atoms with van der Waals surface area (Å²) in [6.45, 7) is 3.87. The zero-order chi connectivity index (χ0) is 15.7. The largest absolute Gasteiger partial charge is 0.481 e. The quantitative estimate of drug-likeness (QED) is 0.781. The van der Waals surface area contributed by atoms with Crippen molar-refractivity contribution in [2.45, 2.75) is 31.5 Å². The van der Waals surface area contributed by atoms with E-state index in [0.717, 1.165) is 18.2 Å². The summed E-state index contributed by atoms with van der Waals surface area (Å²) in [5.74, 6) is -1.13. The molecule has 21 heavy (non-hydrogen) atoms. The fourth-order valence-corrected chi connectivity index (χ4v) is 2.82. The normalized spacial score (nSPS) is 12.7. The number of hydrogen-bond acceptors (Lipinski definition) is 5. The average molecular weight is 312 g/mol. The van der Waals surface area contributed by atoms with Crippen LogP contribution in [0, 0.1) is 0 Å². The highest BCUT2D eigenvalue weighted by molar-refractivity contribution is 7.99. The number of fused-ring (bicyclic) bond motifs is 1. The Morgan fingerprint density at radius 2 is 2.14 bits per heavy atom. The molecule has 9 heteroatoms. The Hall–Kier alpha value is -2.03. The van der Waals surface area contributed by atoms with Gasteiger partial charge in [-0.1, -0.05) is 18.7 Å². The van der Waals surface area contributed by atoms with Gasteiger partial charge in [0.25, 0.3) is 5.56 Å². The van der Waals surface area contributed by atoms with E-state index in [9.17, 15) is 14.4 Å². The minimum Gasteiger partial charge on any atom is -0.481 e. The van der Waals surface area contributed by atoms with Crippen LogP contribution in [0.4, 0.5) is 0 Å². The van der Waals surface area contributed by atoms with Gasteiger partial charge in [-0.2, -0.15) is 0 Å². The molecule has 0 unspecified atom stereocenters. The monoisotopic (exact) mass is 312 g/mol. The van der Waals surface area contributed by atoms with Crippen molar-refractivity contribution >= 4 is 28.9 Å². The summed E-state index contributed by atoms with van der Waals surface area (Å²) < 4.78 is 2.95. The van der Waals surface area contributed by atoms with Crippen LogP contribution in [-0.2, 0) is 11.8 Å². The van der Waals surface area contributed by atoms with E-state index in [4.69, 9.17) is 5.11 Å². The van der Waals surface area contributed by atoms with E-state index in [2.05, 4.69) is 9.97 Å². The molecule has 0 aliphatic heterocycles. The molecule has 0 bridgehead atoms. The van der Waals surface area contributed by atoms with Crippen LogP contribution < -0.4 is 11.2 Å². The van der Waals surface area contributed by atoms with Gasteiger partial charge in [-0.05, 0) is 13.3 Å². The maximum atomic E-state index is 12.1. The van der Waals surface area contributed by atoms with E-state index in [1.807, 2.05) is 13.8 Å². The Bertz CT molecular complexity index is 804. The van der Waals surface area contributed by atoms with Crippen molar-refractivity contribution in [3.8, 4) is 0 Å². The van der Waals surface area contributed by atoms with Gasteiger partial charge in [-0.25, -0.2) is 9.78 Å². The van der Waals surface area contributed by atoms with Gasteiger partial charge in [0.15, 0.2) is 16.3 Å². The maximum Gasteiger partial charge on any atom is 0.329 e. The van der Waals surface area contributed by atoms with Gasteiger partial charge in [-0.15, -0.1) is 0 Å². The van der Waals surface area contributed by atoms with Crippen molar-refractivity contribution in [1.82, 2.24) is 19.1 Å². The van der Waals surface area contributed by atoms with Gasteiger partial charge in [0.05, 0.1) is 5.75 Å². The molecule has 2 rings (SSSR count). The number of nitrogens with zero attached hydrogens (tertiary/aromatic N) is 3. The summed E-state index contributed by atoms with van der Waals surface area (Å²) in [5.41, 5.74) is -0.504. The molecule has 0 fully saturated rings. The second-order valence-corrected chi connectivity index (χ2v) is 5.64. The molecule has 0 saturated heterocycles. The van der Waals surface area contributed by atoms with Gasteiger partial charge in [0.1, 0.15) is 0 Å². The number of aryl methyl sites for hydroxylation is 1. The molecule has 0 aliphatic carbocycles. The molecule has 0 spiro atoms. The average Bonchev–Trinajstić information content (AvgIpc) is 2.82. The maximum absolute atomic E-state index is 12.1. The van der Waals surface area contributed by atoms with Gasteiger partial charge in [0, 0.05) is 13.1 Å². The molecule has 8 nitrogen and oxygen atoms in total. The number of carboxylic acid groups (broad SMARTS) is 1. The van der Waals surface area contributed by atoms with Crippen molar-refractivity contribution in [3.05, 3.63) is 20.8 Å². The molecule has 2 aromatic heterocycles. The van der Waals surface area contributed by atoms with E-state index >= 15 is 0 Å². The third kappa shape index (κ3) is 2.73. The number of nitrogens with one attached hydrogen (secondary N) is 1. The zero-order valence-corrected chi connectivity index (χ0v) is 12.7. The lowest BCUT2D eigenvalue weighted by molar-refractivity contribution is -0.133. The summed E-state index contributed by atoms with van der Waals surface area (Å²) in [5, 5.41) is 9.23. The number of aliphatic carboxylic acids is 1. The van der Waals surface area contributed by atoms with Crippen LogP contribution in [0.2, 0.25) is 0 Å². The Morgan fingerprint density at radius 3 is 2.71 bits per heavy atom. The molecule has 0 saturated carbocycles. The van der Waals surface area contributed by atoms with Crippen LogP contribution in [0.15, 0.2) is 14.7 Å². The first-order valence-electron chi connectivity index (χ1n) is 6.42. The molecular weight excluding hydrogens is 296 g/mol. The number of rotatable bonds is 5. The Morgan fingerprint density at radius 1 is 1.48 bits per heavy atom. The summed E-state index contributed by atoms with van der Waals surface area (Å²) in [6.07, 6.45) is 0.744. The number of carbonyl (C=O) groups is 1. The second kappa shape index (κ2) is 5.76. The predicted molar refractivity (Wildman–Crippen MR) is 79.0 cm³/mol. The SMILES string of the molecule is CC[C@H](C)n1c(SCC(=O)O)nc2c1c(=O)[nH]c(=O)n2C. The van der Waals surface area contributed by atoms with Gasteiger partial charge < -0.3 is 9.67 Å². The molecule has 0 aromatic carbocycles. The van der Waals surface area contributed by atoms with E-state index in [-0.39, 0.29) is 17.4 Å². The topological polar surface area (TPSA) is 110 Å². The van der Waals surface area contributed by atoms with E-state index in [1.165, 1.54) is 11.6 Å². The molecule has 1 atom stereocenters. The first-order valence-corrected chi connectivity index (χ1v) is 7.41. The highest BCUT2D eigenvalue weighted by atomic mass is 32.2. The number of H-pyrrole nitrogens is 1. The lowest BCUT2D eigenvalue weighted by atomic mass is 10.2. The van der Waals surface area contributed by atoms with Crippen LogP contribution >= 0.6 is 11.8 Å². The Labute approximate surface area is 123 Å². The molecule has 0 aliphatic rings. The summed E-state index contributed by atoms with van der Waals surface area (Å²) in [6, 6.07) is -0.0371. The van der Waals surface area contributed by atoms with Crippen molar-refractivity contribution in [3.63, 3.8) is 0 Å². The highest BCUT2D eigenvalue weighted by Crippen LogP contribution is 2.26. The first-order chi connectivity index (χ1) is 9.86. The van der Waals surface area contributed by atoms with Crippen molar-refractivity contribution in [2.24, 2.45) is 7.05 Å². The van der Waals surface area contributed by atoms with Gasteiger partial charge in [-0.3, -0.25) is 19.1 Å². The molecule has 2 N–H and O–H groups in total. The molecule has 2 aromatic rings. The Balaban J connectivity index is 2.76. The highest BCUT2D eigenvalue weighted by Gasteiger charge is 2.21. The summed E-state index contributed by atoms with van der Waals surface area (Å²) in [4.78, 5) is 41.0. The molecule has 114 valence electrons. The number of aromatic amines is 1. The van der Waals surface area contributed by atoms with Crippen LogP contribution in [0.1, 0.15) is 26.3 Å². The second-order valence-electron chi connectivity index (χ2n) is 4.69. The number of thioether (sulfide) groups is 1. The van der Waals surface area contributed by atoms with Gasteiger partial charge >= 0.3 is 11.7 Å². The van der Waals surface area contributed by atoms with Gasteiger partial charge in [0.2, 0.25) is 0 Å². The predicted octanol–water partition coefficient (Wildman–Crippen LogP) is 0.571. The summed E-state index contributed by atoms with van der Waals surface area (Å²) >= 11 is 1.03. The standard InChI is InChI=1S/C12H16N4O4S/c1-4-6(2)16-8-9(13-12(16)21-5-7(17)18)15(3)11(20)14-10(8)19/h6H,4-5H2,1-3H3,(H,17,18)(H,14,19,20)/t6-/m0/s1. The molecular formula is C12H16N4O4S. The fourth-order valence-electron chi connectivity index (χ4n) is 2.00. The van der Waals surface area contributed by atoms with Crippen molar-refractivity contribution in [1.29, 1.82) is 0 Å². The number of aromatic nitrogens is 4. The van der Waals surface area contributed by atoms with E-state index in [0.29, 0.717) is 10.7 Å². The lowest BCUT2D eigenvalue weighted by Crippen LogP contribution is -2.29. The van der Waals surface area contributed by atoms with Crippen LogP contribution in [0.5, 0.6) is 0 Å². The third-order valence-corrected chi connectivity index (χ3v) is 4.21. The smallest absolute Gasteiger partial charge is 0.329 e. The number of carboxylic acids is 1. The molecule has 2 heterocycles. The Kier molecular flexibility index (Phi) is 4.21. The van der Waals surface area contributed by atoms with E-state index in [1.54, 1.807) is 4.57 Å². The van der Waals surface area contributed by atoms with Crippen molar-refractivity contribution in [2.75, 3.05) is 5.75 Å². The van der Waals surface area contributed by atoms with E-state index < -0.39 is 17.2 Å². The lowest BCUT2D eigenvalue weighted by Gasteiger charge is -2.14. The number of imidazole rings is 1. The molecule has 0 radical (unpaired) electrons. The fraction of sp³-hybridized carbons (Fsp3) is 0.500.